The first-order chi connectivity index (χ1) is 10.7. The second-order valence-electron chi connectivity index (χ2n) is 4.84. The Kier molecular flexibility index (Phi) is 6.27. The smallest absolute Gasteiger partial charge is 0.251 e. The van der Waals surface area contributed by atoms with Gasteiger partial charge in [0.2, 0.25) is 0 Å². The number of ether oxygens (including phenoxy) is 1. The Morgan fingerprint density at radius 1 is 1.41 bits per heavy atom. The molecule has 22 heavy (non-hydrogen) atoms. The third-order valence-corrected chi connectivity index (χ3v) is 3.93. The molecule has 116 valence electrons. The maximum Gasteiger partial charge on any atom is 0.251 e. The van der Waals surface area contributed by atoms with Gasteiger partial charge < -0.3 is 9.72 Å². The Hall–Kier alpha value is -2.01. The van der Waals surface area contributed by atoms with Gasteiger partial charge in [-0.25, -0.2) is 4.98 Å². The van der Waals surface area contributed by atoms with Crippen molar-refractivity contribution in [3.63, 3.8) is 0 Å². The molecule has 0 fully saturated rings. The Labute approximate surface area is 134 Å². The number of benzene rings is 1. The van der Waals surface area contributed by atoms with Gasteiger partial charge in [0.15, 0.2) is 5.16 Å². The molecule has 0 amide bonds. The van der Waals surface area contributed by atoms with Crippen LogP contribution in [0.4, 0.5) is 0 Å². The zero-order valence-electron chi connectivity index (χ0n) is 12.7. The minimum Gasteiger partial charge on any atom is -0.493 e. The van der Waals surface area contributed by atoms with Crippen LogP contribution in [0.25, 0.3) is 0 Å². The van der Waals surface area contributed by atoms with Gasteiger partial charge in [-0.2, -0.15) is 0 Å². The zero-order chi connectivity index (χ0) is 15.8. The third-order valence-electron chi connectivity index (χ3n) is 2.97. The van der Waals surface area contributed by atoms with Crippen LogP contribution >= 0.6 is 11.8 Å². The van der Waals surface area contributed by atoms with Gasteiger partial charge in [-0.05, 0) is 31.4 Å². The molecule has 4 nitrogen and oxygen atoms in total. The summed E-state index contributed by atoms with van der Waals surface area (Å²) in [6.07, 6.45) is 3.56. The topological polar surface area (TPSA) is 55.0 Å². The predicted octanol–water partition coefficient (Wildman–Crippen LogP) is 3.37. The van der Waals surface area contributed by atoms with E-state index >= 15 is 0 Å². The molecule has 0 aliphatic heterocycles. The molecule has 0 bridgehead atoms. The highest BCUT2D eigenvalue weighted by Gasteiger charge is 2.02. The van der Waals surface area contributed by atoms with Crippen molar-refractivity contribution in [2.45, 2.75) is 24.9 Å². The predicted molar refractivity (Wildman–Crippen MR) is 90.8 cm³/mol. The molecule has 0 saturated carbocycles. The van der Waals surface area contributed by atoms with Crippen LogP contribution in [-0.2, 0) is 6.42 Å². The van der Waals surface area contributed by atoms with E-state index in [1.54, 1.807) is 0 Å². The van der Waals surface area contributed by atoms with E-state index < -0.39 is 0 Å². The summed E-state index contributed by atoms with van der Waals surface area (Å²) in [7, 11) is 0. The van der Waals surface area contributed by atoms with Crippen LogP contribution in [0.3, 0.4) is 0 Å². The maximum atomic E-state index is 11.3. The summed E-state index contributed by atoms with van der Waals surface area (Å²) in [6, 6.07) is 9.49. The van der Waals surface area contributed by atoms with Gasteiger partial charge in [0, 0.05) is 17.5 Å². The summed E-state index contributed by atoms with van der Waals surface area (Å²) < 4.78 is 5.82. The highest BCUT2D eigenvalue weighted by atomic mass is 32.2. The number of thioether (sulfide) groups is 1. The number of para-hydroxylation sites is 1. The van der Waals surface area contributed by atoms with E-state index in [4.69, 9.17) is 4.74 Å². The molecule has 0 spiro atoms. The molecule has 0 radical (unpaired) electrons. The summed E-state index contributed by atoms with van der Waals surface area (Å²) in [5.41, 5.74) is 1.78. The molecule has 0 atom stereocenters. The standard InChI is InChI=1S/C17H20N2O2S/c1-3-7-14-8-4-5-9-15(14)21-10-6-11-22-17-18-13(2)12-16(20)19-17/h3-5,8-9,12H,1,6-7,10-11H2,2H3,(H,18,19,20). The van der Waals surface area contributed by atoms with Gasteiger partial charge in [0.1, 0.15) is 5.75 Å². The number of aryl methyl sites for hydroxylation is 1. The summed E-state index contributed by atoms with van der Waals surface area (Å²) in [5, 5.41) is 0.664. The summed E-state index contributed by atoms with van der Waals surface area (Å²) >= 11 is 1.54. The second-order valence-corrected chi connectivity index (χ2v) is 5.93. The fraction of sp³-hybridized carbons (Fsp3) is 0.294. The number of hydrogen-bond acceptors (Lipinski definition) is 4. The van der Waals surface area contributed by atoms with Gasteiger partial charge in [-0.1, -0.05) is 36.0 Å². The first kappa shape index (κ1) is 16.4. The Bertz CT molecular complexity index is 682. The normalized spacial score (nSPS) is 10.4. The maximum absolute atomic E-state index is 11.3. The van der Waals surface area contributed by atoms with Crippen LogP contribution < -0.4 is 10.3 Å². The fourth-order valence-electron chi connectivity index (χ4n) is 2.00. The zero-order valence-corrected chi connectivity index (χ0v) is 13.5. The highest BCUT2D eigenvalue weighted by Crippen LogP contribution is 2.19. The van der Waals surface area contributed by atoms with Gasteiger partial charge in [-0.15, -0.1) is 6.58 Å². The van der Waals surface area contributed by atoms with Crippen molar-refractivity contribution in [3.8, 4) is 5.75 Å². The minimum atomic E-state index is -0.107. The molecule has 0 aliphatic carbocycles. The molecular weight excluding hydrogens is 296 g/mol. The number of nitrogens with zero attached hydrogens (tertiary/aromatic N) is 1. The van der Waals surface area contributed by atoms with Gasteiger partial charge >= 0.3 is 0 Å². The SMILES string of the molecule is C=CCc1ccccc1OCCCSc1nc(C)cc(=O)[nH]1. The van der Waals surface area contributed by atoms with Gasteiger partial charge in [0.25, 0.3) is 5.56 Å². The van der Waals surface area contributed by atoms with E-state index in [1.165, 1.54) is 17.8 Å². The van der Waals surface area contributed by atoms with Crippen molar-refractivity contribution in [2.75, 3.05) is 12.4 Å². The largest absolute Gasteiger partial charge is 0.493 e. The summed E-state index contributed by atoms with van der Waals surface area (Å²) in [4.78, 5) is 18.4. The van der Waals surface area contributed by atoms with Gasteiger partial charge in [0.05, 0.1) is 6.61 Å². The van der Waals surface area contributed by atoms with Crippen LogP contribution in [-0.4, -0.2) is 22.3 Å². The van der Waals surface area contributed by atoms with Crippen molar-refractivity contribution < 1.29 is 4.74 Å². The number of H-pyrrole nitrogens is 1. The monoisotopic (exact) mass is 316 g/mol. The average Bonchev–Trinajstić information content (AvgIpc) is 2.48. The van der Waals surface area contributed by atoms with Crippen LogP contribution in [0, 0.1) is 6.92 Å². The minimum absolute atomic E-state index is 0.107. The molecule has 0 aliphatic rings. The van der Waals surface area contributed by atoms with Crippen LogP contribution in [0.1, 0.15) is 17.7 Å². The van der Waals surface area contributed by atoms with Crippen molar-refractivity contribution >= 4 is 11.8 Å². The number of nitrogens with one attached hydrogen (secondary N) is 1. The van der Waals surface area contributed by atoms with E-state index in [2.05, 4.69) is 16.5 Å². The van der Waals surface area contributed by atoms with E-state index in [0.29, 0.717) is 11.8 Å². The lowest BCUT2D eigenvalue weighted by Crippen LogP contribution is -2.08. The van der Waals surface area contributed by atoms with E-state index in [1.807, 2.05) is 37.3 Å². The van der Waals surface area contributed by atoms with E-state index in [9.17, 15) is 4.79 Å². The molecule has 0 unspecified atom stereocenters. The Morgan fingerprint density at radius 2 is 2.23 bits per heavy atom. The Morgan fingerprint density at radius 3 is 3.00 bits per heavy atom. The Balaban J connectivity index is 1.78. The van der Waals surface area contributed by atoms with E-state index in [-0.39, 0.29) is 5.56 Å². The lowest BCUT2D eigenvalue weighted by atomic mass is 10.1. The number of rotatable bonds is 8. The molecule has 1 heterocycles. The number of allylic oxidation sites excluding steroid dienone is 1. The van der Waals surface area contributed by atoms with Crippen LogP contribution in [0.15, 0.2) is 52.9 Å². The van der Waals surface area contributed by atoms with Crippen LogP contribution in [0.2, 0.25) is 0 Å². The average molecular weight is 316 g/mol. The van der Waals surface area contributed by atoms with Crippen molar-refractivity contribution in [1.82, 2.24) is 9.97 Å². The first-order valence-electron chi connectivity index (χ1n) is 7.21. The van der Waals surface area contributed by atoms with E-state index in [0.717, 1.165) is 35.6 Å². The molecule has 2 rings (SSSR count). The molecular formula is C17H20N2O2S. The molecule has 0 saturated heterocycles. The highest BCUT2D eigenvalue weighted by molar-refractivity contribution is 7.99. The summed E-state index contributed by atoms with van der Waals surface area (Å²) in [5.74, 6) is 1.75. The van der Waals surface area contributed by atoms with Crippen molar-refractivity contribution in [3.05, 3.63) is 64.6 Å². The fourth-order valence-corrected chi connectivity index (χ4v) is 2.84. The first-order valence-corrected chi connectivity index (χ1v) is 8.20. The third kappa shape index (κ3) is 5.07. The molecule has 1 aromatic carbocycles. The van der Waals surface area contributed by atoms with Crippen molar-refractivity contribution in [1.29, 1.82) is 0 Å². The van der Waals surface area contributed by atoms with Crippen LogP contribution in [0.5, 0.6) is 5.75 Å². The lowest BCUT2D eigenvalue weighted by Gasteiger charge is -2.10. The lowest BCUT2D eigenvalue weighted by molar-refractivity contribution is 0.316. The molecule has 2 aromatic rings. The molecule has 5 heteroatoms. The van der Waals surface area contributed by atoms with Crippen molar-refractivity contribution in [2.24, 2.45) is 0 Å². The number of hydrogen-bond donors (Lipinski definition) is 1. The molecule has 1 N–H and O–H groups in total. The quantitative estimate of drug-likeness (QED) is 0.351. The summed E-state index contributed by atoms with van der Waals surface area (Å²) in [6.45, 7) is 6.21. The molecule has 1 aromatic heterocycles. The number of aromatic amines is 1. The number of aromatic nitrogens is 2. The second kappa shape index (κ2) is 8.44. The van der Waals surface area contributed by atoms with Gasteiger partial charge in [-0.3, -0.25) is 4.79 Å².